The maximum atomic E-state index is 5.88. The van der Waals surface area contributed by atoms with Gasteiger partial charge in [0.1, 0.15) is 5.82 Å². The second kappa shape index (κ2) is 4.90. The van der Waals surface area contributed by atoms with Gasteiger partial charge in [0.25, 0.3) is 0 Å². The summed E-state index contributed by atoms with van der Waals surface area (Å²) in [5.41, 5.74) is 0. The fraction of sp³-hybridized carbons (Fsp3) is 0.833. The van der Waals surface area contributed by atoms with Gasteiger partial charge in [0.05, 0.1) is 19.3 Å². The van der Waals surface area contributed by atoms with Crippen molar-refractivity contribution >= 4 is 12.2 Å². The van der Waals surface area contributed by atoms with Crippen molar-refractivity contribution in [3.8, 4) is 0 Å². The van der Waals surface area contributed by atoms with E-state index in [0.29, 0.717) is 12.0 Å². The molecule has 5 heteroatoms. The van der Waals surface area contributed by atoms with Crippen molar-refractivity contribution in [1.29, 1.82) is 0 Å². The molecule has 0 bridgehead atoms. The van der Waals surface area contributed by atoms with Crippen LogP contribution in [0.1, 0.15) is 50.3 Å². The highest BCUT2D eigenvalue weighted by Crippen LogP contribution is 2.38. The molecular formula is C12H19N3OS. The molecule has 4 nitrogen and oxygen atoms in total. The zero-order valence-corrected chi connectivity index (χ0v) is 10.8. The highest BCUT2D eigenvalue weighted by atomic mass is 32.1. The lowest BCUT2D eigenvalue weighted by Gasteiger charge is -2.12. The minimum absolute atomic E-state index is 0.487. The van der Waals surface area contributed by atoms with E-state index in [-0.39, 0.29) is 0 Å². The second-order valence-corrected chi connectivity index (χ2v) is 5.48. The third-order valence-electron chi connectivity index (χ3n) is 3.70. The first-order valence-electron chi connectivity index (χ1n) is 6.61. The van der Waals surface area contributed by atoms with Gasteiger partial charge < -0.3 is 9.30 Å². The maximum absolute atomic E-state index is 5.88. The minimum Gasteiger partial charge on any atom is -0.376 e. The van der Waals surface area contributed by atoms with Gasteiger partial charge in [0.2, 0.25) is 0 Å². The van der Waals surface area contributed by atoms with E-state index in [9.17, 15) is 0 Å². The Morgan fingerprint density at radius 3 is 2.76 bits per heavy atom. The summed E-state index contributed by atoms with van der Waals surface area (Å²) in [6, 6.07) is 0. The number of hydrogen-bond acceptors (Lipinski definition) is 3. The van der Waals surface area contributed by atoms with Crippen LogP contribution in [0.25, 0.3) is 0 Å². The highest BCUT2D eigenvalue weighted by Gasteiger charge is 2.29. The van der Waals surface area contributed by atoms with Gasteiger partial charge in [-0.15, -0.1) is 0 Å². The fourth-order valence-electron chi connectivity index (χ4n) is 2.56. The maximum Gasteiger partial charge on any atom is 0.195 e. The Morgan fingerprint density at radius 2 is 2.06 bits per heavy atom. The van der Waals surface area contributed by atoms with E-state index in [4.69, 9.17) is 17.0 Å². The normalized spacial score (nSPS) is 21.2. The van der Waals surface area contributed by atoms with Gasteiger partial charge in [-0.1, -0.05) is 12.8 Å². The van der Waals surface area contributed by atoms with Crippen molar-refractivity contribution in [2.24, 2.45) is 0 Å². The average Bonchev–Trinajstić information content (AvgIpc) is 2.91. The summed E-state index contributed by atoms with van der Waals surface area (Å²) in [6.45, 7) is 1.61. The molecule has 0 aliphatic heterocycles. The molecule has 0 saturated heterocycles. The van der Waals surface area contributed by atoms with Gasteiger partial charge in [-0.2, -0.15) is 5.10 Å². The van der Waals surface area contributed by atoms with Crippen LogP contribution in [0.2, 0.25) is 0 Å². The molecule has 1 N–H and O–H groups in total. The van der Waals surface area contributed by atoms with Crippen LogP contribution in [-0.2, 0) is 11.3 Å². The number of hydrogen-bond donors (Lipinski definition) is 1. The van der Waals surface area contributed by atoms with Crippen LogP contribution in [0, 0.1) is 4.77 Å². The number of aromatic nitrogens is 3. The van der Waals surface area contributed by atoms with E-state index < -0.39 is 0 Å². The van der Waals surface area contributed by atoms with E-state index in [2.05, 4.69) is 14.8 Å². The first-order chi connectivity index (χ1) is 8.34. The highest BCUT2D eigenvalue weighted by molar-refractivity contribution is 7.71. The van der Waals surface area contributed by atoms with E-state index in [1.807, 2.05) is 0 Å². The summed E-state index contributed by atoms with van der Waals surface area (Å²) in [5, 5.41) is 7.22. The molecule has 94 valence electrons. The van der Waals surface area contributed by atoms with Crippen molar-refractivity contribution in [1.82, 2.24) is 14.8 Å². The first kappa shape index (κ1) is 11.4. The molecule has 2 saturated carbocycles. The Morgan fingerprint density at radius 1 is 1.29 bits per heavy atom. The van der Waals surface area contributed by atoms with Crippen LogP contribution in [0.15, 0.2) is 0 Å². The molecule has 1 aromatic rings. The molecule has 0 spiro atoms. The van der Waals surface area contributed by atoms with E-state index in [0.717, 1.165) is 23.7 Å². The summed E-state index contributed by atoms with van der Waals surface area (Å²) in [4.78, 5) is 0. The van der Waals surface area contributed by atoms with Gasteiger partial charge in [0.15, 0.2) is 4.77 Å². The number of nitrogens with one attached hydrogen (secondary N) is 1. The minimum atomic E-state index is 0.487. The van der Waals surface area contributed by atoms with Crippen LogP contribution < -0.4 is 0 Å². The Balaban J connectivity index is 1.56. The van der Waals surface area contributed by atoms with Crippen LogP contribution in [0.4, 0.5) is 0 Å². The summed E-state index contributed by atoms with van der Waals surface area (Å²) in [7, 11) is 0. The standard InChI is InChI=1S/C12H19N3OS/c17-12-14-13-11(9-5-6-9)15(12)7-8-16-10-3-1-2-4-10/h9-10H,1-8H2,(H,14,17). The zero-order valence-electron chi connectivity index (χ0n) is 10.0. The quantitative estimate of drug-likeness (QED) is 0.821. The molecule has 2 fully saturated rings. The Hall–Kier alpha value is -0.680. The third kappa shape index (κ3) is 2.60. The number of nitrogens with zero attached hydrogens (tertiary/aromatic N) is 2. The molecule has 0 amide bonds. The number of H-pyrrole nitrogens is 1. The monoisotopic (exact) mass is 253 g/mol. The summed E-state index contributed by atoms with van der Waals surface area (Å²) in [5.74, 6) is 1.76. The molecule has 2 aliphatic rings. The predicted molar refractivity (Wildman–Crippen MR) is 67.6 cm³/mol. The van der Waals surface area contributed by atoms with Crippen molar-refractivity contribution in [3.05, 3.63) is 10.6 Å². The topological polar surface area (TPSA) is 42.8 Å². The summed E-state index contributed by atoms with van der Waals surface area (Å²) < 4.78 is 8.73. The predicted octanol–water partition coefficient (Wildman–Crippen LogP) is 2.78. The molecule has 0 aromatic carbocycles. The van der Waals surface area contributed by atoms with E-state index >= 15 is 0 Å². The largest absolute Gasteiger partial charge is 0.376 e. The van der Waals surface area contributed by atoms with Crippen molar-refractivity contribution < 1.29 is 4.74 Å². The molecule has 2 aliphatic carbocycles. The lowest BCUT2D eigenvalue weighted by atomic mass is 10.3. The van der Waals surface area contributed by atoms with Crippen molar-refractivity contribution in [2.75, 3.05) is 6.61 Å². The van der Waals surface area contributed by atoms with Crippen LogP contribution in [-0.4, -0.2) is 27.5 Å². The number of rotatable bonds is 5. The van der Waals surface area contributed by atoms with Crippen LogP contribution >= 0.6 is 12.2 Å². The van der Waals surface area contributed by atoms with Crippen molar-refractivity contribution in [3.63, 3.8) is 0 Å². The smallest absolute Gasteiger partial charge is 0.195 e. The van der Waals surface area contributed by atoms with Crippen LogP contribution in [0.5, 0.6) is 0 Å². The fourth-order valence-corrected chi connectivity index (χ4v) is 2.80. The Labute approximate surface area is 106 Å². The van der Waals surface area contributed by atoms with E-state index in [1.54, 1.807) is 0 Å². The molecule has 0 atom stereocenters. The average molecular weight is 253 g/mol. The first-order valence-corrected chi connectivity index (χ1v) is 7.02. The molecule has 17 heavy (non-hydrogen) atoms. The lowest BCUT2D eigenvalue weighted by molar-refractivity contribution is 0.0524. The Bertz CT molecular complexity index is 429. The summed E-state index contributed by atoms with van der Waals surface area (Å²) >= 11 is 5.26. The Kier molecular flexibility index (Phi) is 3.29. The van der Waals surface area contributed by atoms with Gasteiger partial charge in [-0.25, -0.2) is 0 Å². The third-order valence-corrected chi connectivity index (χ3v) is 4.01. The number of aromatic amines is 1. The zero-order chi connectivity index (χ0) is 11.7. The van der Waals surface area contributed by atoms with Crippen LogP contribution in [0.3, 0.4) is 0 Å². The summed E-state index contributed by atoms with van der Waals surface area (Å²) in [6.07, 6.45) is 8.09. The molecule has 0 unspecified atom stereocenters. The lowest BCUT2D eigenvalue weighted by Crippen LogP contribution is -2.14. The molecule has 0 radical (unpaired) electrons. The van der Waals surface area contributed by atoms with Gasteiger partial charge in [-0.3, -0.25) is 5.10 Å². The number of ether oxygens (including phenoxy) is 1. The second-order valence-electron chi connectivity index (χ2n) is 5.09. The van der Waals surface area contributed by atoms with Gasteiger partial charge in [0, 0.05) is 5.92 Å². The van der Waals surface area contributed by atoms with E-state index in [1.165, 1.54) is 38.5 Å². The van der Waals surface area contributed by atoms with Gasteiger partial charge in [-0.05, 0) is 37.9 Å². The molecule has 3 rings (SSSR count). The molecular weight excluding hydrogens is 234 g/mol. The SMILES string of the molecule is S=c1[nH]nc(C2CC2)n1CCOC1CCCC1. The van der Waals surface area contributed by atoms with Gasteiger partial charge >= 0.3 is 0 Å². The van der Waals surface area contributed by atoms with Crippen molar-refractivity contribution in [2.45, 2.75) is 57.1 Å². The molecule has 1 aromatic heterocycles. The molecule has 1 heterocycles.